The van der Waals surface area contributed by atoms with Crippen LogP contribution in [0.5, 0.6) is 0 Å². The number of nitrogens with one attached hydrogen (secondary N) is 1. The van der Waals surface area contributed by atoms with Crippen molar-refractivity contribution >= 4 is 55.8 Å². The number of hydrogen-bond donors (Lipinski definition) is 1. The Morgan fingerprint density at radius 3 is 2.38 bits per heavy atom. The molecule has 0 radical (unpaired) electrons. The summed E-state index contributed by atoms with van der Waals surface area (Å²) >= 11 is 12.4. The maximum absolute atomic E-state index is 13.5. The van der Waals surface area contributed by atoms with Crippen molar-refractivity contribution < 1.29 is 18.0 Å². The van der Waals surface area contributed by atoms with Crippen molar-refractivity contribution in [3.8, 4) is 0 Å². The standard InChI is InChI=1S/C27H31Cl2N3O4S/c1-4-5-14-30-27(34)19(2)32(17-22-10-12-23(28)16-25(22)29)26(33)18-31(3)37(35,36)24-13-11-20-8-6-7-9-21(20)15-24/h6-13,15-16,19H,4-5,14,17-18H2,1-3H3,(H,30,34)/t19-/m0/s1. The molecule has 198 valence electrons. The van der Waals surface area contributed by atoms with Gasteiger partial charge in [0, 0.05) is 30.2 Å². The molecule has 1 atom stereocenters. The Morgan fingerprint density at radius 1 is 1.00 bits per heavy atom. The minimum absolute atomic E-state index is 0.0149. The molecule has 0 saturated heterocycles. The summed E-state index contributed by atoms with van der Waals surface area (Å²) in [5.74, 6) is -0.858. The van der Waals surface area contributed by atoms with E-state index in [0.717, 1.165) is 27.9 Å². The van der Waals surface area contributed by atoms with E-state index in [1.54, 1.807) is 37.3 Å². The zero-order chi connectivity index (χ0) is 27.2. The van der Waals surface area contributed by atoms with Crippen LogP contribution in [-0.4, -0.2) is 55.6 Å². The van der Waals surface area contributed by atoms with Crippen LogP contribution in [0.25, 0.3) is 10.8 Å². The molecule has 0 aliphatic carbocycles. The lowest BCUT2D eigenvalue weighted by Crippen LogP contribution is -2.50. The fourth-order valence-corrected chi connectivity index (χ4v) is 5.45. The van der Waals surface area contributed by atoms with Crippen LogP contribution >= 0.6 is 23.2 Å². The van der Waals surface area contributed by atoms with E-state index in [-0.39, 0.29) is 17.3 Å². The summed E-state index contributed by atoms with van der Waals surface area (Å²) in [6.07, 6.45) is 1.72. The molecule has 0 aromatic heterocycles. The molecular formula is C27H31Cl2N3O4S. The Bertz CT molecular complexity index is 1380. The highest BCUT2D eigenvalue weighted by Gasteiger charge is 2.30. The van der Waals surface area contributed by atoms with Gasteiger partial charge in [0.05, 0.1) is 11.4 Å². The van der Waals surface area contributed by atoms with E-state index < -0.39 is 28.5 Å². The Kier molecular flexibility index (Phi) is 9.95. The number of benzene rings is 3. The molecule has 0 aliphatic heterocycles. The second-order valence-corrected chi connectivity index (χ2v) is 11.7. The first-order chi connectivity index (χ1) is 17.5. The van der Waals surface area contributed by atoms with Crippen molar-refractivity contribution in [3.63, 3.8) is 0 Å². The van der Waals surface area contributed by atoms with E-state index in [4.69, 9.17) is 23.2 Å². The number of halogens is 2. The smallest absolute Gasteiger partial charge is 0.243 e. The lowest BCUT2D eigenvalue weighted by atomic mass is 10.1. The molecule has 1 N–H and O–H groups in total. The predicted octanol–water partition coefficient (Wildman–Crippen LogP) is 5.10. The van der Waals surface area contributed by atoms with Crippen molar-refractivity contribution in [3.05, 3.63) is 76.3 Å². The van der Waals surface area contributed by atoms with E-state index in [1.165, 1.54) is 18.0 Å². The summed E-state index contributed by atoms with van der Waals surface area (Å²) in [5.41, 5.74) is 0.590. The Morgan fingerprint density at radius 2 is 1.70 bits per heavy atom. The van der Waals surface area contributed by atoms with Crippen LogP contribution in [0.1, 0.15) is 32.3 Å². The zero-order valence-electron chi connectivity index (χ0n) is 21.1. The predicted molar refractivity (Wildman–Crippen MR) is 148 cm³/mol. The molecule has 10 heteroatoms. The number of fused-ring (bicyclic) bond motifs is 1. The highest BCUT2D eigenvalue weighted by Crippen LogP contribution is 2.24. The second kappa shape index (κ2) is 12.7. The van der Waals surface area contributed by atoms with Gasteiger partial charge in [-0.15, -0.1) is 0 Å². The molecule has 3 rings (SSSR count). The highest BCUT2D eigenvalue weighted by atomic mass is 35.5. The van der Waals surface area contributed by atoms with Crippen LogP contribution in [0, 0.1) is 0 Å². The van der Waals surface area contributed by atoms with E-state index in [2.05, 4.69) is 5.32 Å². The molecule has 0 fully saturated rings. The van der Waals surface area contributed by atoms with Crippen LogP contribution in [-0.2, 0) is 26.2 Å². The van der Waals surface area contributed by atoms with Crippen molar-refractivity contribution in [1.82, 2.24) is 14.5 Å². The average molecular weight is 565 g/mol. The summed E-state index contributed by atoms with van der Waals surface area (Å²) in [7, 11) is -2.62. The summed E-state index contributed by atoms with van der Waals surface area (Å²) in [6, 6.07) is 16.3. The van der Waals surface area contributed by atoms with Gasteiger partial charge in [-0.25, -0.2) is 8.42 Å². The van der Waals surface area contributed by atoms with Crippen LogP contribution in [0.4, 0.5) is 0 Å². The molecule has 3 aromatic carbocycles. The van der Waals surface area contributed by atoms with Crippen molar-refractivity contribution in [2.24, 2.45) is 0 Å². The number of likely N-dealkylation sites (N-methyl/N-ethyl adjacent to an activating group) is 1. The summed E-state index contributed by atoms with van der Waals surface area (Å²) in [4.78, 5) is 27.7. The Hall–Kier alpha value is -2.65. The minimum atomic E-state index is -3.97. The summed E-state index contributed by atoms with van der Waals surface area (Å²) < 4.78 is 27.6. The van der Waals surface area contributed by atoms with Gasteiger partial charge < -0.3 is 10.2 Å². The van der Waals surface area contributed by atoms with Gasteiger partial charge in [-0.1, -0.05) is 72.9 Å². The number of carbonyl (C=O) groups is 2. The third-order valence-electron chi connectivity index (χ3n) is 6.14. The summed E-state index contributed by atoms with van der Waals surface area (Å²) in [5, 5.41) is 5.32. The molecule has 3 aromatic rings. The molecule has 0 bridgehead atoms. The minimum Gasteiger partial charge on any atom is -0.354 e. The largest absolute Gasteiger partial charge is 0.354 e. The van der Waals surface area contributed by atoms with Gasteiger partial charge in [-0.05, 0) is 53.9 Å². The number of sulfonamides is 1. The first kappa shape index (κ1) is 28.9. The maximum atomic E-state index is 13.5. The zero-order valence-corrected chi connectivity index (χ0v) is 23.4. The van der Waals surface area contributed by atoms with Crippen LogP contribution < -0.4 is 5.32 Å². The van der Waals surface area contributed by atoms with Crippen LogP contribution in [0.3, 0.4) is 0 Å². The fourth-order valence-electron chi connectivity index (χ4n) is 3.83. The first-order valence-electron chi connectivity index (χ1n) is 12.0. The van der Waals surface area contributed by atoms with Gasteiger partial charge in [0.1, 0.15) is 6.04 Å². The van der Waals surface area contributed by atoms with Crippen molar-refractivity contribution in [2.75, 3.05) is 20.1 Å². The normalized spacial score (nSPS) is 12.5. The molecule has 0 heterocycles. The average Bonchev–Trinajstić information content (AvgIpc) is 2.87. The molecule has 37 heavy (non-hydrogen) atoms. The van der Waals surface area contributed by atoms with Gasteiger partial charge in [0.15, 0.2) is 0 Å². The maximum Gasteiger partial charge on any atom is 0.243 e. The molecule has 0 saturated carbocycles. The van der Waals surface area contributed by atoms with Gasteiger partial charge >= 0.3 is 0 Å². The van der Waals surface area contributed by atoms with Crippen LogP contribution in [0.15, 0.2) is 65.6 Å². The molecular weight excluding hydrogens is 533 g/mol. The van der Waals surface area contributed by atoms with E-state index >= 15 is 0 Å². The molecule has 0 unspecified atom stereocenters. The third kappa shape index (κ3) is 7.23. The number of rotatable bonds is 11. The van der Waals surface area contributed by atoms with E-state index in [9.17, 15) is 18.0 Å². The van der Waals surface area contributed by atoms with Crippen molar-refractivity contribution in [2.45, 2.75) is 44.2 Å². The van der Waals surface area contributed by atoms with Gasteiger partial charge in [0.2, 0.25) is 21.8 Å². The monoisotopic (exact) mass is 563 g/mol. The first-order valence-corrected chi connectivity index (χ1v) is 14.2. The Labute approximate surface area is 228 Å². The van der Waals surface area contributed by atoms with Crippen molar-refractivity contribution in [1.29, 1.82) is 0 Å². The number of unbranched alkanes of at least 4 members (excludes halogenated alkanes) is 1. The molecule has 7 nitrogen and oxygen atoms in total. The third-order valence-corrected chi connectivity index (χ3v) is 8.53. The fraction of sp³-hybridized carbons (Fsp3) is 0.333. The quantitative estimate of drug-likeness (QED) is 0.329. The SMILES string of the molecule is CCCCNC(=O)[C@H](C)N(Cc1ccc(Cl)cc1Cl)C(=O)CN(C)S(=O)(=O)c1ccc2ccccc2c1. The highest BCUT2D eigenvalue weighted by molar-refractivity contribution is 7.89. The lowest BCUT2D eigenvalue weighted by Gasteiger charge is -2.30. The van der Waals surface area contributed by atoms with Gasteiger partial charge in [-0.2, -0.15) is 4.31 Å². The molecule has 2 amide bonds. The number of amides is 2. The van der Waals surface area contributed by atoms with Crippen LogP contribution in [0.2, 0.25) is 10.0 Å². The van der Waals surface area contributed by atoms with E-state index in [0.29, 0.717) is 22.2 Å². The Balaban J connectivity index is 1.85. The lowest BCUT2D eigenvalue weighted by molar-refractivity contribution is -0.140. The van der Waals surface area contributed by atoms with E-state index in [1.807, 2.05) is 31.2 Å². The second-order valence-electron chi connectivity index (χ2n) is 8.85. The summed E-state index contributed by atoms with van der Waals surface area (Å²) in [6.45, 7) is 3.67. The number of nitrogens with zero attached hydrogens (tertiary/aromatic N) is 2. The number of hydrogen-bond acceptors (Lipinski definition) is 4. The van der Waals surface area contributed by atoms with Gasteiger partial charge in [-0.3, -0.25) is 9.59 Å². The molecule has 0 aliphatic rings. The van der Waals surface area contributed by atoms with Gasteiger partial charge in [0.25, 0.3) is 0 Å². The molecule has 0 spiro atoms. The topological polar surface area (TPSA) is 86.8 Å². The number of carbonyl (C=O) groups excluding carboxylic acids is 2.